The first-order valence-corrected chi connectivity index (χ1v) is 9.15. The zero-order chi connectivity index (χ0) is 19.4. The van der Waals surface area contributed by atoms with Crippen LogP contribution in [-0.4, -0.2) is 23.2 Å². The predicted molar refractivity (Wildman–Crippen MR) is 105 cm³/mol. The molecule has 0 heterocycles. The highest BCUT2D eigenvalue weighted by atomic mass is 15.2. The summed E-state index contributed by atoms with van der Waals surface area (Å²) >= 11 is 0. The van der Waals surface area contributed by atoms with E-state index in [0.29, 0.717) is 6.54 Å². The lowest BCUT2D eigenvalue weighted by Crippen LogP contribution is -2.33. The molecule has 1 atom stereocenters. The average molecular weight is 339 g/mol. The Bertz CT molecular complexity index is 442. The van der Waals surface area contributed by atoms with Crippen LogP contribution in [0.25, 0.3) is 0 Å². The molecule has 0 aliphatic rings. The second-order valence-electron chi connectivity index (χ2n) is 11.6. The van der Waals surface area contributed by atoms with Gasteiger partial charge < -0.3 is 0 Å². The number of azo groups is 2. The summed E-state index contributed by atoms with van der Waals surface area (Å²) in [6.45, 7) is 26.7. The van der Waals surface area contributed by atoms with Crippen LogP contribution in [0.1, 0.15) is 95.9 Å². The largest absolute Gasteiger partial charge is 0.191 e. The highest BCUT2D eigenvalue weighted by Gasteiger charge is 2.32. The van der Waals surface area contributed by atoms with E-state index >= 15 is 0 Å². The Labute approximate surface area is 151 Å². The van der Waals surface area contributed by atoms with Crippen molar-refractivity contribution >= 4 is 0 Å². The molecule has 0 aliphatic carbocycles. The van der Waals surface area contributed by atoms with Gasteiger partial charge in [-0.05, 0) is 65.2 Å². The minimum Gasteiger partial charge on any atom is -0.191 e. The molecule has 0 saturated heterocycles. The summed E-state index contributed by atoms with van der Waals surface area (Å²) in [5.41, 5.74) is -0.236. The minimum absolute atomic E-state index is 0.148. The molecule has 0 aliphatic heterocycles. The second kappa shape index (κ2) is 7.61. The molecule has 0 radical (unpaired) electrons. The molecule has 142 valence electrons. The Morgan fingerprint density at radius 1 is 0.542 bits per heavy atom. The molecule has 0 saturated carbocycles. The average Bonchev–Trinajstić information content (AvgIpc) is 2.18. The van der Waals surface area contributed by atoms with Crippen molar-refractivity contribution in [3.8, 4) is 0 Å². The summed E-state index contributed by atoms with van der Waals surface area (Å²) in [6, 6.07) is 0. The third-order valence-corrected chi connectivity index (χ3v) is 3.22. The van der Waals surface area contributed by atoms with E-state index in [2.05, 4.69) is 93.3 Å². The van der Waals surface area contributed by atoms with Crippen molar-refractivity contribution in [3.63, 3.8) is 0 Å². The molecule has 1 unspecified atom stereocenters. The van der Waals surface area contributed by atoms with Crippen LogP contribution in [-0.2, 0) is 0 Å². The molecule has 4 heteroatoms. The number of hydrogen-bond acceptors (Lipinski definition) is 4. The monoisotopic (exact) mass is 338 g/mol. The highest BCUT2D eigenvalue weighted by molar-refractivity contribution is 4.91. The molecule has 0 amide bonds. The first-order valence-electron chi connectivity index (χ1n) is 9.15. The molecule has 0 aromatic heterocycles. The Balaban J connectivity index is 5.34. The van der Waals surface area contributed by atoms with Gasteiger partial charge in [0.15, 0.2) is 0 Å². The standard InChI is InChI=1S/C20H42N4/c1-16(2,3)13-19(10,11)23-24-20(12,14-17(4,5)6)15-21-22-18(7,8)9/h13-15H2,1-12H3. The van der Waals surface area contributed by atoms with E-state index in [-0.39, 0.29) is 27.4 Å². The lowest BCUT2D eigenvalue weighted by atomic mass is 9.81. The fraction of sp³-hybridized carbons (Fsp3) is 1.00. The zero-order valence-electron chi connectivity index (χ0n) is 18.4. The molecule has 0 bridgehead atoms. The Morgan fingerprint density at radius 3 is 1.38 bits per heavy atom. The summed E-state index contributed by atoms with van der Waals surface area (Å²) < 4.78 is 0. The Kier molecular flexibility index (Phi) is 7.36. The minimum atomic E-state index is -0.317. The van der Waals surface area contributed by atoms with Crippen LogP contribution in [0.15, 0.2) is 20.5 Å². The van der Waals surface area contributed by atoms with E-state index in [1.807, 2.05) is 0 Å². The van der Waals surface area contributed by atoms with Crippen molar-refractivity contribution < 1.29 is 0 Å². The third kappa shape index (κ3) is 12.6. The second-order valence-corrected chi connectivity index (χ2v) is 11.6. The maximum absolute atomic E-state index is 4.79. The van der Waals surface area contributed by atoms with Gasteiger partial charge >= 0.3 is 0 Å². The maximum Gasteiger partial charge on any atom is 0.100 e. The van der Waals surface area contributed by atoms with E-state index in [1.54, 1.807) is 0 Å². The molecule has 0 fully saturated rings. The molecule has 24 heavy (non-hydrogen) atoms. The van der Waals surface area contributed by atoms with Gasteiger partial charge in [0.2, 0.25) is 0 Å². The topological polar surface area (TPSA) is 49.4 Å². The van der Waals surface area contributed by atoms with Crippen molar-refractivity contribution in [2.75, 3.05) is 6.54 Å². The fourth-order valence-electron chi connectivity index (χ4n) is 3.25. The van der Waals surface area contributed by atoms with Crippen molar-refractivity contribution in [1.29, 1.82) is 0 Å². The molecule has 4 nitrogen and oxygen atoms in total. The van der Waals surface area contributed by atoms with E-state index < -0.39 is 0 Å². The van der Waals surface area contributed by atoms with Crippen LogP contribution in [0, 0.1) is 10.8 Å². The van der Waals surface area contributed by atoms with Crippen LogP contribution >= 0.6 is 0 Å². The van der Waals surface area contributed by atoms with Gasteiger partial charge in [0.05, 0.1) is 17.6 Å². The third-order valence-electron chi connectivity index (χ3n) is 3.22. The summed E-state index contributed by atoms with van der Waals surface area (Å²) in [7, 11) is 0. The van der Waals surface area contributed by atoms with E-state index in [4.69, 9.17) is 10.2 Å². The van der Waals surface area contributed by atoms with Crippen molar-refractivity contribution in [2.24, 2.45) is 31.3 Å². The van der Waals surface area contributed by atoms with Gasteiger partial charge in [-0.25, -0.2) is 0 Å². The van der Waals surface area contributed by atoms with E-state index in [0.717, 1.165) is 12.8 Å². The van der Waals surface area contributed by atoms with Gasteiger partial charge in [0.1, 0.15) is 5.54 Å². The van der Waals surface area contributed by atoms with Gasteiger partial charge in [-0.3, -0.25) is 0 Å². The maximum atomic E-state index is 4.79. The predicted octanol–water partition coefficient (Wildman–Crippen LogP) is 7.10. The van der Waals surface area contributed by atoms with Crippen molar-refractivity contribution in [2.45, 2.75) is 113 Å². The van der Waals surface area contributed by atoms with Gasteiger partial charge in [-0.1, -0.05) is 41.5 Å². The summed E-state index contributed by atoms with van der Waals surface area (Å²) in [6.07, 6.45) is 1.93. The van der Waals surface area contributed by atoms with Crippen LogP contribution in [0.2, 0.25) is 0 Å². The number of nitrogens with zero attached hydrogens (tertiary/aromatic N) is 4. The fourth-order valence-corrected chi connectivity index (χ4v) is 3.25. The quantitative estimate of drug-likeness (QED) is 0.464. The van der Waals surface area contributed by atoms with Crippen LogP contribution in [0.3, 0.4) is 0 Å². The molecule has 0 spiro atoms. The lowest BCUT2D eigenvalue weighted by molar-refractivity contribution is 0.240. The molecular formula is C20H42N4. The molecule has 0 aromatic rings. The van der Waals surface area contributed by atoms with E-state index in [1.165, 1.54) is 0 Å². The summed E-state index contributed by atoms with van der Waals surface area (Å²) in [5, 5.41) is 18.4. The van der Waals surface area contributed by atoms with Gasteiger partial charge in [0.25, 0.3) is 0 Å². The lowest BCUT2D eigenvalue weighted by Gasteiger charge is -2.33. The van der Waals surface area contributed by atoms with Crippen LogP contribution in [0.5, 0.6) is 0 Å². The van der Waals surface area contributed by atoms with Gasteiger partial charge in [0, 0.05) is 0 Å². The SMILES string of the molecule is CC(C)(C)CC(C)(C)N=NC(C)(CN=NC(C)(C)C)CC(C)(C)C. The molecule has 0 rings (SSSR count). The van der Waals surface area contributed by atoms with Gasteiger partial charge in [-0.15, -0.1) is 0 Å². The van der Waals surface area contributed by atoms with E-state index in [9.17, 15) is 0 Å². The first kappa shape index (κ1) is 23.2. The Hall–Kier alpha value is -0.800. The number of hydrogen-bond donors (Lipinski definition) is 0. The molecular weight excluding hydrogens is 296 g/mol. The molecule has 0 N–H and O–H groups in total. The van der Waals surface area contributed by atoms with Crippen LogP contribution < -0.4 is 0 Å². The summed E-state index contributed by atoms with van der Waals surface area (Å²) in [4.78, 5) is 0. The van der Waals surface area contributed by atoms with Crippen molar-refractivity contribution in [3.05, 3.63) is 0 Å². The normalized spacial score (nSPS) is 17.7. The van der Waals surface area contributed by atoms with Gasteiger partial charge in [-0.2, -0.15) is 20.5 Å². The van der Waals surface area contributed by atoms with Crippen molar-refractivity contribution in [1.82, 2.24) is 0 Å². The summed E-state index contributed by atoms with van der Waals surface area (Å²) in [5.74, 6) is 0. The zero-order valence-corrected chi connectivity index (χ0v) is 18.4. The Morgan fingerprint density at radius 2 is 1.00 bits per heavy atom. The smallest absolute Gasteiger partial charge is 0.100 e. The highest BCUT2D eigenvalue weighted by Crippen LogP contribution is 2.34. The first-order chi connectivity index (χ1) is 10.3. The van der Waals surface area contributed by atoms with Crippen LogP contribution in [0.4, 0.5) is 0 Å². The number of rotatable bonds is 6. The molecule has 0 aromatic carbocycles.